The average molecular weight is 407 g/mol. The van der Waals surface area contributed by atoms with E-state index >= 15 is 0 Å². The number of carbonyl (C=O) groups is 2. The smallest absolute Gasteiger partial charge is 0.340 e. The zero-order chi connectivity index (χ0) is 21.1. The molecule has 0 spiro atoms. The maximum absolute atomic E-state index is 13.0. The van der Waals surface area contributed by atoms with E-state index in [9.17, 15) is 9.59 Å². The van der Waals surface area contributed by atoms with Crippen molar-refractivity contribution >= 4 is 28.5 Å². The molecule has 4 rings (SSSR count). The summed E-state index contributed by atoms with van der Waals surface area (Å²) >= 11 is 0. The van der Waals surface area contributed by atoms with Crippen molar-refractivity contribution in [3.05, 3.63) is 60.3 Å². The molecule has 0 bridgehead atoms. The molecule has 0 atom stereocenters. The third-order valence-electron chi connectivity index (χ3n) is 5.55. The molecule has 156 valence electrons. The maximum Gasteiger partial charge on any atom is 0.340 e. The lowest BCUT2D eigenvalue weighted by atomic mass is 10.2. The minimum atomic E-state index is -0.399. The Kier molecular flexibility index (Phi) is 5.61. The Labute approximate surface area is 175 Å². The van der Waals surface area contributed by atoms with E-state index in [1.165, 1.54) is 7.11 Å². The van der Waals surface area contributed by atoms with E-state index in [-0.39, 0.29) is 12.5 Å². The van der Waals surface area contributed by atoms with Gasteiger partial charge in [-0.2, -0.15) is 0 Å². The quantitative estimate of drug-likeness (QED) is 0.609. The lowest BCUT2D eigenvalue weighted by Gasteiger charge is -2.36. The highest BCUT2D eigenvalue weighted by Gasteiger charge is 2.23. The van der Waals surface area contributed by atoms with Crippen LogP contribution in [0.5, 0.6) is 5.75 Å². The number of nitrogens with zero attached hydrogens (tertiary/aromatic N) is 3. The fourth-order valence-electron chi connectivity index (χ4n) is 3.92. The number of hydrogen-bond acceptors (Lipinski definition) is 5. The highest BCUT2D eigenvalue weighted by molar-refractivity contribution is 6.04. The summed E-state index contributed by atoms with van der Waals surface area (Å²) in [6.45, 7) is 3.02. The molecule has 0 aliphatic carbocycles. The number of para-hydroxylation sites is 1. The minimum absolute atomic E-state index is 0.0393. The second-order valence-electron chi connectivity index (χ2n) is 7.25. The second-order valence-corrected chi connectivity index (χ2v) is 7.25. The largest absolute Gasteiger partial charge is 0.497 e. The number of carbonyl (C=O) groups excluding carboxylic acids is 2. The van der Waals surface area contributed by atoms with Gasteiger partial charge in [0.05, 0.1) is 19.8 Å². The van der Waals surface area contributed by atoms with Crippen molar-refractivity contribution < 1.29 is 19.1 Å². The topological polar surface area (TPSA) is 64.0 Å². The summed E-state index contributed by atoms with van der Waals surface area (Å²) in [7, 11) is 3.02. The number of ether oxygens (including phenoxy) is 2. The highest BCUT2D eigenvalue weighted by Crippen LogP contribution is 2.24. The maximum atomic E-state index is 13.0. The molecule has 1 aromatic heterocycles. The van der Waals surface area contributed by atoms with E-state index in [0.717, 1.165) is 35.4 Å². The average Bonchev–Trinajstić information content (AvgIpc) is 3.17. The molecule has 0 saturated carbocycles. The van der Waals surface area contributed by atoms with Crippen LogP contribution in [0.1, 0.15) is 10.4 Å². The van der Waals surface area contributed by atoms with E-state index in [1.54, 1.807) is 13.3 Å². The molecule has 3 aromatic rings. The molecule has 7 nitrogen and oxygen atoms in total. The zero-order valence-corrected chi connectivity index (χ0v) is 17.2. The summed E-state index contributed by atoms with van der Waals surface area (Å²) in [6.07, 6.45) is 1.71. The number of piperazine rings is 1. The van der Waals surface area contributed by atoms with Crippen LogP contribution in [0.2, 0.25) is 0 Å². The number of methoxy groups -OCH3 is 2. The molecule has 30 heavy (non-hydrogen) atoms. The van der Waals surface area contributed by atoms with Crippen LogP contribution in [0.25, 0.3) is 10.9 Å². The Hall–Kier alpha value is -3.48. The highest BCUT2D eigenvalue weighted by atomic mass is 16.5. The van der Waals surface area contributed by atoms with E-state index in [1.807, 2.05) is 51.9 Å². The summed E-state index contributed by atoms with van der Waals surface area (Å²) < 4.78 is 12.0. The molecule has 2 heterocycles. The Bertz CT molecular complexity index is 1070. The first kappa shape index (κ1) is 19.8. The molecule has 1 aliphatic heterocycles. The van der Waals surface area contributed by atoms with Crippen molar-refractivity contribution in [2.75, 3.05) is 45.3 Å². The van der Waals surface area contributed by atoms with Gasteiger partial charge in [0, 0.05) is 55.0 Å². The van der Waals surface area contributed by atoms with Crippen LogP contribution in [0.15, 0.2) is 54.7 Å². The first-order chi connectivity index (χ1) is 14.6. The third kappa shape index (κ3) is 3.83. The molecule has 0 N–H and O–H groups in total. The van der Waals surface area contributed by atoms with Gasteiger partial charge >= 0.3 is 5.97 Å². The van der Waals surface area contributed by atoms with Gasteiger partial charge in [-0.15, -0.1) is 0 Å². The van der Waals surface area contributed by atoms with Crippen molar-refractivity contribution in [2.24, 2.45) is 0 Å². The van der Waals surface area contributed by atoms with Gasteiger partial charge < -0.3 is 23.8 Å². The van der Waals surface area contributed by atoms with Gasteiger partial charge in [-0.1, -0.05) is 24.3 Å². The van der Waals surface area contributed by atoms with Crippen molar-refractivity contribution in [1.29, 1.82) is 0 Å². The Balaban J connectivity index is 1.45. The molecule has 0 radical (unpaired) electrons. The number of amides is 1. The first-order valence-electron chi connectivity index (χ1n) is 9.93. The molecular formula is C23H25N3O4. The molecule has 0 unspecified atom stereocenters. The normalized spacial score (nSPS) is 14.1. The van der Waals surface area contributed by atoms with Crippen molar-refractivity contribution in [2.45, 2.75) is 6.54 Å². The molecular weight excluding hydrogens is 382 g/mol. The number of hydrogen-bond donors (Lipinski definition) is 0. The summed E-state index contributed by atoms with van der Waals surface area (Å²) in [5.41, 5.74) is 2.42. The summed E-state index contributed by atoms with van der Waals surface area (Å²) in [5.74, 6) is 0.466. The van der Waals surface area contributed by atoms with Gasteiger partial charge in [0.1, 0.15) is 12.3 Å². The van der Waals surface area contributed by atoms with Gasteiger partial charge in [-0.3, -0.25) is 4.79 Å². The van der Waals surface area contributed by atoms with Gasteiger partial charge in [0.2, 0.25) is 5.91 Å². The van der Waals surface area contributed by atoms with Gasteiger partial charge in [-0.25, -0.2) is 4.79 Å². The van der Waals surface area contributed by atoms with Crippen LogP contribution in [-0.4, -0.2) is 61.7 Å². The molecule has 1 saturated heterocycles. The predicted molar refractivity (Wildman–Crippen MR) is 115 cm³/mol. The van der Waals surface area contributed by atoms with Gasteiger partial charge in [0.15, 0.2) is 0 Å². The van der Waals surface area contributed by atoms with Crippen molar-refractivity contribution in [3.63, 3.8) is 0 Å². The zero-order valence-electron chi connectivity index (χ0n) is 17.2. The number of benzene rings is 2. The Morgan fingerprint density at radius 1 is 0.967 bits per heavy atom. The number of anilines is 1. The molecule has 7 heteroatoms. The van der Waals surface area contributed by atoms with E-state index in [4.69, 9.17) is 9.47 Å². The fourth-order valence-corrected chi connectivity index (χ4v) is 3.92. The predicted octanol–water partition coefficient (Wildman–Crippen LogP) is 2.79. The van der Waals surface area contributed by atoms with E-state index in [0.29, 0.717) is 18.7 Å². The summed E-state index contributed by atoms with van der Waals surface area (Å²) in [4.78, 5) is 29.2. The minimum Gasteiger partial charge on any atom is -0.497 e. The lowest BCUT2D eigenvalue weighted by Crippen LogP contribution is -2.49. The summed E-state index contributed by atoms with van der Waals surface area (Å²) in [5, 5.41) is 0.792. The number of aromatic nitrogens is 1. The third-order valence-corrected chi connectivity index (χ3v) is 5.55. The Morgan fingerprint density at radius 2 is 1.73 bits per heavy atom. The number of esters is 1. The van der Waals surface area contributed by atoms with Crippen molar-refractivity contribution in [3.8, 4) is 5.75 Å². The second kappa shape index (κ2) is 8.49. The van der Waals surface area contributed by atoms with Crippen LogP contribution >= 0.6 is 0 Å². The molecule has 1 aliphatic rings. The van der Waals surface area contributed by atoms with Crippen LogP contribution < -0.4 is 9.64 Å². The van der Waals surface area contributed by atoms with Crippen LogP contribution in [0, 0.1) is 0 Å². The number of rotatable bonds is 5. The van der Waals surface area contributed by atoms with Crippen LogP contribution in [0.4, 0.5) is 5.69 Å². The molecule has 2 aromatic carbocycles. The fraction of sp³-hybridized carbons (Fsp3) is 0.304. The lowest BCUT2D eigenvalue weighted by molar-refractivity contribution is -0.132. The monoisotopic (exact) mass is 407 g/mol. The van der Waals surface area contributed by atoms with Gasteiger partial charge in [-0.05, 0) is 18.2 Å². The number of fused-ring (bicyclic) bond motifs is 1. The molecule has 1 amide bonds. The van der Waals surface area contributed by atoms with Gasteiger partial charge in [0.25, 0.3) is 0 Å². The standard InChI is InChI=1S/C23H25N3O4/c1-29-18-7-5-6-17(14-18)24-10-12-25(13-11-24)22(27)16-26-15-20(23(28)30-2)19-8-3-4-9-21(19)26/h3-9,14-15H,10-13,16H2,1-2H3. The summed E-state index contributed by atoms with van der Waals surface area (Å²) in [6, 6.07) is 15.5. The van der Waals surface area contributed by atoms with Crippen LogP contribution in [-0.2, 0) is 16.1 Å². The van der Waals surface area contributed by atoms with Crippen LogP contribution in [0.3, 0.4) is 0 Å². The Morgan fingerprint density at radius 3 is 2.47 bits per heavy atom. The van der Waals surface area contributed by atoms with Crippen molar-refractivity contribution in [1.82, 2.24) is 9.47 Å². The first-order valence-corrected chi connectivity index (χ1v) is 9.93. The SMILES string of the molecule is COC(=O)c1cn(CC(=O)N2CCN(c3cccc(OC)c3)CC2)c2ccccc12. The van der Waals surface area contributed by atoms with E-state index < -0.39 is 5.97 Å². The van der Waals surface area contributed by atoms with E-state index in [2.05, 4.69) is 11.0 Å². The molecule has 1 fully saturated rings.